The maximum absolute atomic E-state index is 12.2. The van der Waals surface area contributed by atoms with Crippen molar-refractivity contribution >= 4 is 23.3 Å². The molecule has 0 fully saturated rings. The first kappa shape index (κ1) is 17.5. The summed E-state index contributed by atoms with van der Waals surface area (Å²) in [6, 6.07) is 3.43. The number of hydrogen-bond donors (Lipinski definition) is 3. The summed E-state index contributed by atoms with van der Waals surface area (Å²) < 4.78 is 28.6. The third kappa shape index (κ3) is 6.59. The minimum Gasteiger partial charge on any atom is -0.433 e. The van der Waals surface area contributed by atoms with Crippen LogP contribution in [0.1, 0.15) is 19.8 Å². The number of hydrogen-bond acceptors (Lipinski definition) is 3. The highest BCUT2D eigenvalue weighted by molar-refractivity contribution is 6.32. The second kappa shape index (κ2) is 8.63. The lowest BCUT2D eigenvalue weighted by molar-refractivity contribution is -0.0497. The van der Waals surface area contributed by atoms with Gasteiger partial charge in [0.15, 0.2) is 0 Å². The topological polar surface area (TPSA) is 70.6 Å². The maximum Gasteiger partial charge on any atom is 0.387 e. The zero-order valence-electron chi connectivity index (χ0n) is 11.4. The minimum atomic E-state index is -3.00. The highest BCUT2D eigenvalue weighted by Gasteiger charge is 2.11. The molecule has 2 amide bonds. The summed E-state index contributed by atoms with van der Waals surface area (Å²) in [6.45, 7) is -1.15. The van der Waals surface area contributed by atoms with E-state index in [0.29, 0.717) is 12.8 Å². The lowest BCUT2D eigenvalue weighted by atomic mass is 10.2. The molecule has 0 saturated carbocycles. The Morgan fingerprint density at radius 2 is 2.19 bits per heavy atom. The Morgan fingerprint density at radius 3 is 2.81 bits per heavy atom. The third-order valence-electron chi connectivity index (χ3n) is 2.58. The van der Waals surface area contributed by atoms with Crippen molar-refractivity contribution < 1.29 is 23.4 Å². The molecule has 0 aliphatic heterocycles. The summed E-state index contributed by atoms with van der Waals surface area (Å²) in [5.74, 6) is -0.210. The molecule has 0 aromatic heterocycles. The summed E-state index contributed by atoms with van der Waals surface area (Å²) in [5, 5.41) is 13.9. The second-order valence-corrected chi connectivity index (χ2v) is 4.80. The molecule has 0 bridgehead atoms. The number of aliphatic hydroxyl groups excluding tert-OH is 1. The Labute approximate surface area is 126 Å². The third-order valence-corrected chi connectivity index (χ3v) is 2.89. The number of ether oxygens (including phenoxy) is 1. The molecule has 0 saturated heterocycles. The summed E-state index contributed by atoms with van der Waals surface area (Å²) in [6.07, 6.45) is 1.21. The summed E-state index contributed by atoms with van der Waals surface area (Å²) >= 11 is 5.71. The Morgan fingerprint density at radius 1 is 1.48 bits per heavy atom. The molecule has 3 N–H and O–H groups in total. The van der Waals surface area contributed by atoms with Crippen molar-refractivity contribution in [1.29, 1.82) is 0 Å². The van der Waals surface area contributed by atoms with Crippen LogP contribution < -0.4 is 15.4 Å². The number of rotatable bonds is 7. The van der Waals surface area contributed by atoms with Gasteiger partial charge in [-0.3, -0.25) is 0 Å². The molecule has 1 rings (SSSR count). The van der Waals surface area contributed by atoms with E-state index in [-0.39, 0.29) is 29.1 Å². The molecule has 1 aromatic rings. The number of benzene rings is 1. The summed E-state index contributed by atoms with van der Waals surface area (Å²) in [5.41, 5.74) is 0.280. The van der Waals surface area contributed by atoms with Crippen LogP contribution in [0.2, 0.25) is 5.02 Å². The van der Waals surface area contributed by atoms with E-state index in [1.54, 1.807) is 6.92 Å². The van der Waals surface area contributed by atoms with Crippen molar-refractivity contribution in [1.82, 2.24) is 5.32 Å². The minimum absolute atomic E-state index is 0.0255. The van der Waals surface area contributed by atoms with E-state index < -0.39 is 12.6 Å². The quantitative estimate of drug-likeness (QED) is 0.722. The van der Waals surface area contributed by atoms with Gasteiger partial charge in [0, 0.05) is 24.4 Å². The normalized spacial score (nSPS) is 12.1. The smallest absolute Gasteiger partial charge is 0.387 e. The first-order chi connectivity index (χ1) is 9.92. The van der Waals surface area contributed by atoms with Gasteiger partial charge in [-0.1, -0.05) is 11.6 Å². The van der Waals surface area contributed by atoms with Crippen LogP contribution in [0.15, 0.2) is 18.2 Å². The van der Waals surface area contributed by atoms with Crippen LogP contribution in [0.4, 0.5) is 19.3 Å². The van der Waals surface area contributed by atoms with E-state index >= 15 is 0 Å². The van der Waals surface area contributed by atoms with Crippen LogP contribution in [0, 0.1) is 0 Å². The van der Waals surface area contributed by atoms with Gasteiger partial charge in [0.1, 0.15) is 5.75 Å². The van der Waals surface area contributed by atoms with Gasteiger partial charge in [-0.05, 0) is 31.9 Å². The molecule has 1 aromatic carbocycles. The van der Waals surface area contributed by atoms with Crippen molar-refractivity contribution in [3.8, 4) is 5.75 Å². The number of aliphatic hydroxyl groups is 1. The van der Waals surface area contributed by atoms with Gasteiger partial charge in [0.2, 0.25) is 0 Å². The zero-order chi connectivity index (χ0) is 15.8. The van der Waals surface area contributed by atoms with Crippen molar-refractivity contribution in [3.63, 3.8) is 0 Å². The first-order valence-electron chi connectivity index (χ1n) is 6.35. The molecule has 21 heavy (non-hydrogen) atoms. The molecule has 0 radical (unpaired) electrons. The lowest BCUT2D eigenvalue weighted by Gasteiger charge is -2.15. The molecular formula is C13H17ClF2N2O3. The predicted octanol–water partition coefficient (Wildman–Crippen LogP) is 3.22. The number of halogens is 3. The van der Waals surface area contributed by atoms with Crippen molar-refractivity contribution in [2.75, 3.05) is 11.9 Å². The van der Waals surface area contributed by atoms with E-state index in [1.165, 1.54) is 18.2 Å². The molecule has 1 atom stereocenters. The fourth-order valence-electron chi connectivity index (χ4n) is 1.63. The Kier molecular flexibility index (Phi) is 7.18. The van der Waals surface area contributed by atoms with Gasteiger partial charge in [0.25, 0.3) is 0 Å². The summed E-state index contributed by atoms with van der Waals surface area (Å²) in [7, 11) is 0. The fraction of sp³-hybridized carbons (Fsp3) is 0.462. The molecule has 0 aliphatic carbocycles. The first-order valence-corrected chi connectivity index (χ1v) is 6.73. The SMILES string of the molecule is CC(CCCO)NC(=O)Nc1ccc(Cl)c(OC(F)F)c1. The van der Waals surface area contributed by atoms with E-state index in [2.05, 4.69) is 15.4 Å². The highest BCUT2D eigenvalue weighted by Crippen LogP contribution is 2.29. The van der Waals surface area contributed by atoms with Gasteiger partial charge in [-0.25, -0.2) is 4.79 Å². The zero-order valence-corrected chi connectivity index (χ0v) is 12.2. The van der Waals surface area contributed by atoms with Crippen LogP contribution in [0.5, 0.6) is 5.75 Å². The van der Waals surface area contributed by atoms with Crippen molar-refractivity contribution in [2.24, 2.45) is 0 Å². The van der Waals surface area contributed by atoms with Gasteiger partial charge in [0.05, 0.1) is 5.02 Å². The Hall–Kier alpha value is -1.60. The second-order valence-electron chi connectivity index (χ2n) is 4.39. The number of anilines is 1. The van der Waals surface area contributed by atoms with Gasteiger partial charge in [-0.2, -0.15) is 8.78 Å². The average Bonchev–Trinajstić information content (AvgIpc) is 2.39. The largest absolute Gasteiger partial charge is 0.433 e. The molecule has 118 valence electrons. The number of amides is 2. The standard InChI is InChI=1S/C13H17ClF2N2O3/c1-8(3-2-6-19)17-13(20)18-9-4-5-10(14)11(7-9)21-12(15)16/h4-5,7-8,12,19H,2-3,6H2,1H3,(H2,17,18,20). The Bertz CT molecular complexity index is 475. The number of urea groups is 1. The molecular weight excluding hydrogens is 306 g/mol. The van der Waals surface area contributed by atoms with Gasteiger partial charge >= 0.3 is 12.6 Å². The monoisotopic (exact) mass is 322 g/mol. The average molecular weight is 323 g/mol. The number of carbonyl (C=O) groups excluding carboxylic acids is 1. The van der Waals surface area contributed by atoms with Crippen molar-refractivity contribution in [3.05, 3.63) is 23.2 Å². The Balaban J connectivity index is 2.59. The molecule has 0 heterocycles. The molecule has 5 nitrogen and oxygen atoms in total. The molecule has 8 heteroatoms. The molecule has 0 spiro atoms. The van der Waals surface area contributed by atoms with Gasteiger partial charge < -0.3 is 20.5 Å². The van der Waals surface area contributed by atoms with Crippen molar-refractivity contribution in [2.45, 2.75) is 32.4 Å². The highest BCUT2D eigenvalue weighted by atomic mass is 35.5. The van der Waals surface area contributed by atoms with Crippen LogP contribution >= 0.6 is 11.6 Å². The maximum atomic E-state index is 12.2. The van der Waals surface area contributed by atoms with Gasteiger partial charge in [-0.15, -0.1) is 0 Å². The fourth-order valence-corrected chi connectivity index (χ4v) is 1.79. The van der Waals surface area contributed by atoms with E-state index in [4.69, 9.17) is 16.7 Å². The number of carbonyl (C=O) groups is 1. The predicted molar refractivity (Wildman–Crippen MR) is 76.0 cm³/mol. The van der Waals surface area contributed by atoms with E-state index in [0.717, 1.165) is 0 Å². The number of nitrogens with one attached hydrogen (secondary N) is 2. The van der Waals surface area contributed by atoms with Crippen LogP contribution in [-0.2, 0) is 0 Å². The van der Waals surface area contributed by atoms with Crippen LogP contribution in [0.25, 0.3) is 0 Å². The van der Waals surface area contributed by atoms with Crippen LogP contribution in [0.3, 0.4) is 0 Å². The van der Waals surface area contributed by atoms with E-state index in [9.17, 15) is 13.6 Å². The molecule has 1 unspecified atom stereocenters. The van der Waals surface area contributed by atoms with E-state index in [1.807, 2.05) is 0 Å². The lowest BCUT2D eigenvalue weighted by Crippen LogP contribution is -2.36. The molecule has 0 aliphatic rings. The summed E-state index contributed by atoms with van der Waals surface area (Å²) in [4.78, 5) is 11.7. The number of alkyl halides is 2. The van der Waals surface area contributed by atoms with Crippen LogP contribution in [-0.4, -0.2) is 30.4 Å².